The van der Waals surface area contributed by atoms with Gasteiger partial charge in [0.1, 0.15) is 16.5 Å². The summed E-state index contributed by atoms with van der Waals surface area (Å²) < 4.78 is 41.1. The fourth-order valence-electron chi connectivity index (χ4n) is 4.26. The van der Waals surface area contributed by atoms with Gasteiger partial charge in [-0.25, -0.2) is 17.8 Å². The molecule has 1 amide bonds. The first-order valence-corrected chi connectivity index (χ1v) is 13.0. The Morgan fingerprint density at radius 2 is 1.83 bits per heavy atom. The number of pyridine rings is 1. The summed E-state index contributed by atoms with van der Waals surface area (Å²) in [5, 5.41) is 2.63. The topological polar surface area (TPSA) is 82.6 Å². The van der Waals surface area contributed by atoms with Crippen LogP contribution in [0.15, 0.2) is 77.8 Å². The second-order valence-corrected chi connectivity index (χ2v) is 10.7. The summed E-state index contributed by atoms with van der Waals surface area (Å²) in [6.45, 7) is 0.952. The van der Waals surface area contributed by atoms with Gasteiger partial charge in [-0.3, -0.25) is 4.79 Å². The van der Waals surface area contributed by atoms with E-state index in [4.69, 9.17) is 0 Å². The SMILES string of the molecule is CN(CC(=O)Nc1cccc(F)c1)c1ccc(S(=O)(=O)N2CCC(Cc3ccccc3)CC2)cn1. The highest BCUT2D eigenvalue weighted by Crippen LogP contribution is 2.26. The molecule has 0 aliphatic carbocycles. The zero-order valence-corrected chi connectivity index (χ0v) is 20.4. The first-order chi connectivity index (χ1) is 16.8. The standard InChI is InChI=1S/C26H29FN4O3S/c1-30(19-26(32)29-23-9-5-8-22(27)17-23)25-11-10-24(18-28-25)35(33,34)31-14-12-21(13-15-31)16-20-6-3-2-4-7-20/h2-11,17-18,21H,12-16,19H2,1H3,(H,29,32). The number of nitrogens with one attached hydrogen (secondary N) is 1. The van der Waals surface area contributed by atoms with Crippen molar-refractivity contribution in [2.45, 2.75) is 24.2 Å². The number of nitrogens with zero attached hydrogens (tertiary/aromatic N) is 3. The van der Waals surface area contributed by atoms with Gasteiger partial charge in [-0.2, -0.15) is 4.31 Å². The van der Waals surface area contributed by atoms with E-state index in [1.54, 1.807) is 24.1 Å². The number of piperidine rings is 1. The smallest absolute Gasteiger partial charge is 0.244 e. The van der Waals surface area contributed by atoms with Gasteiger partial charge in [0.2, 0.25) is 15.9 Å². The molecule has 4 rings (SSSR count). The number of benzene rings is 2. The summed E-state index contributed by atoms with van der Waals surface area (Å²) in [7, 11) is -1.95. The Labute approximate surface area is 205 Å². The van der Waals surface area contributed by atoms with Crippen LogP contribution in [0.3, 0.4) is 0 Å². The van der Waals surface area contributed by atoms with Crippen molar-refractivity contribution in [3.63, 3.8) is 0 Å². The molecule has 2 aromatic carbocycles. The highest BCUT2D eigenvalue weighted by atomic mass is 32.2. The molecule has 1 aliphatic heterocycles. The van der Waals surface area contributed by atoms with Crippen molar-refractivity contribution in [3.8, 4) is 0 Å². The van der Waals surface area contributed by atoms with Crippen LogP contribution in [0, 0.1) is 11.7 Å². The molecule has 0 radical (unpaired) electrons. The van der Waals surface area contributed by atoms with Crippen LogP contribution in [0.2, 0.25) is 0 Å². The van der Waals surface area contributed by atoms with E-state index >= 15 is 0 Å². The Kier molecular flexibility index (Phi) is 7.77. The van der Waals surface area contributed by atoms with Gasteiger partial charge >= 0.3 is 0 Å². The lowest BCUT2D eigenvalue weighted by Gasteiger charge is -2.31. The van der Waals surface area contributed by atoms with Crippen LogP contribution in [-0.2, 0) is 21.2 Å². The molecule has 1 N–H and O–H groups in total. The number of rotatable bonds is 8. The highest BCUT2D eigenvalue weighted by molar-refractivity contribution is 7.89. The van der Waals surface area contributed by atoms with E-state index in [9.17, 15) is 17.6 Å². The van der Waals surface area contributed by atoms with Crippen molar-refractivity contribution in [2.24, 2.45) is 5.92 Å². The lowest BCUT2D eigenvalue weighted by Crippen LogP contribution is -2.39. The summed E-state index contributed by atoms with van der Waals surface area (Å²) in [4.78, 5) is 18.3. The van der Waals surface area contributed by atoms with Gasteiger partial charge in [-0.1, -0.05) is 36.4 Å². The average Bonchev–Trinajstić information content (AvgIpc) is 2.85. The van der Waals surface area contributed by atoms with Crippen LogP contribution >= 0.6 is 0 Å². The number of hydrogen-bond acceptors (Lipinski definition) is 5. The van der Waals surface area contributed by atoms with Gasteiger partial charge in [-0.05, 0) is 61.1 Å². The predicted octanol–water partition coefficient (Wildman–Crippen LogP) is 3.94. The normalized spacial score (nSPS) is 15.0. The Bertz CT molecular complexity index is 1250. The first-order valence-electron chi connectivity index (χ1n) is 11.6. The number of carbonyl (C=O) groups is 1. The van der Waals surface area contributed by atoms with Crippen molar-refractivity contribution in [3.05, 3.63) is 84.3 Å². The molecule has 0 bridgehead atoms. The van der Waals surface area contributed by atoms with E-state index in [2.05, 4.69) is 22.4 Å². The summed E-state index contributed by atoms with van der Waals surface area (Å²) in [6, 6.07) is 19.0. The Morgan fingerprint density at radius 3 is 2.49 bits per heavy atom. The van der Waals surface area contributed by atoms with Gasteiger partial charge in [-0.15, -0.1) is 0 Å². The van der Waals surface area contributed by atoms with E-state index < -0.39 is 15.8 Å². The molecule has 1 fully saturated rings. The number of hydrogen-bond donors (Lipinski definition) is 1. The minimum Gasteiger partial charge on any atom is -0.350 e. The van der Waals surface area contributed by atoms with E-state index in [0.29, 0.717) is 30.5 Å². The van der Waals surface area contributed by atoms with Gasteiger partial charge in [0.15, 0.2) is 0 Å². The molecule has 0 atom stereocenters. The minimum absolute atomic E-state index is 0.0233. The third-order valence-corrected chi connectivity index (χ3v) is 8.06. The number of halogens is 1. The molecule has 0 spiro atoms. The van der Waals surface area contributed by atoms with E-state index in [1.165, 1.54) is 40.3 Å². The maximum Gasteiger partial charge on any atom is 0.244 e. The van der Waals surface area contributed by atoms with Crippen molar-refractivity contribution in [1.82, 2.24) is 9.29 Å². The van der Waals surface area contributed by atoms with Crippen LogP contribution in [-0.4, -0.2) is 50.3 Å². The molecule has 184 valence electrons. The third kappa shape index (κ3) is 6.43. The lowest BCUT2D eigenvalue weighted by atomic mass is 9.91. The molecule has 1 saturated heterocycles. The average molecular weight is 497 g/mol. The van der Waals surface area contributed by atoms with Crippen molar-refractivity contribution in [2.75, 3.05) is 36.9 Å². The number of likely N-dealkylation sites (N-methyl/N-ethyl adjacent to an activating group) is 1. The number of carbonyl (C=O) groups excluding carboxylic acids is 1. The molecule has 1 aliphatic rings. The molecular weight excluding hydrogens is 467 g/mol. The van der Waals surface area contributed by atoms with Crippen LogP contribution in [0.4, 0.5) is 15.9 Å². The molecular formula is C26H29FN4O3S. The molecule has 3 aromatic rings. The van der Waals surface area contributed by atoms with Gasteiger partial charge in [0.05, 0.1) is 6.54 Å². The van der Waals surface area contributed by atoms with Crippen LogP contribution in [0.25, 0.3) is 0 Å². The van der Waals surface area contributed by atoms with Crippen molar-refractivity contribution >= 4 is 27.4 Å². The second kappa shape index (κ2) is 11.0. The monoisotopic (exact) mass is 496 g/mol. The highest BCUT2D eigenvalue weighted by Gasteiger charge is 2.29. The lowest BCUT2D eigenvalue weighted by molar-refractivity contribution is -0.114. The number of sulfonamides is 1. The molecule has 35 heavy (non-hydrogen) atoms. The van der Waals surface area contributed by atoms with Crippen LogP contribution in [0.1, 0.15) is 18.4 Å². The Morgan fingerprint density at radius 1 is 1.09 bits per heavy atom. The predicted molar refractivity (Wildman–Crippen MR) is 134 cm³/mol. The summed E-state index contributed by atoms with van der Waals surface area (Å²) in [6.07, 6.45) is 3.94. The number of amides is 1. The quantitative estimate of drug-likeness (QED) is 0.511. The fourth-order valence-corrected chi connectivity index (χ4v) is 5.68. The molecule has 1 aromatic heterocycles. The second-order valence-electron chi connectivity index (χ2n) is 8.80. The third-order valence-electron chi connectivity index (χ3n) is 6.18. The Hall–Kier alpha value is -3.30. The number of aromatic nitrogens is 1. The minimum atomic E-state index is -3.63. The molecule has 0 unspecified atom stereocenters. The molecule has 2 heterocycles. The largest absolute Gasteiger partial charge is 0.350 e. The van der Waals surface area contributed by atoms with Crippen LogP contribution in [0.5, 0.6) is 0 Å². The van der Waals surface area contributed by atoms with Crippen LogP contribution < -0.4 is 10.2 Å². The van der Waals surface area contributed by atoms with E-state index in [1.807, 2.05) is 18.2 Å². The molecule has 7 nitrogen and oxygen atoms in total. The van der Waals surface area contributed by atoms with E-state index in [-0.39, 0.29) is 17.3 Å². The van der Waals surface area contributed by atoms with E-state index in [0.717, 1.165) is 19.3 Å². The first kappa shape index (κ1) is 24.8. The zero-order chi connectivity index (χ0) is 24.8. The summed E-state index contributed by atoms with van der Waals surface area (Å²) in [5.41, 5.74) is 1.65. The summed E-state index contributed by atoms with van der Waals surface area (Å²) >= 11 is 0. The Balaban J connectivity index is 1.32. The van der Waals surface area contributed by atoms with Gasteiger partial charge in [0.25, 0.3) is 0 Å². The van der Waals surface area contributed by atoms with Crippen molar-refractivity contribution < 1.29 is 17.6 Å². The molecule has 0 saturated carbocycles. The maximum absolute atomic E-state index is 13.3. The van der Waals surface area contributed by atoms with Gasteiger partial charge in [0, 0.05) is 32.0 Å². The van der Waals surface area contributed by atoms with Crippen molar-refractivity contribution in [1.29, 1.82) is 0 Å². The fraction of sp³-hybridized carbons (Fsp3) is 0.308. The number of anilines is 2. The maximum atomic E-state index is 13.3. The van der Waals surface area contributed by atoms with Gasteiger partial charge < -0.3 is 10.2 Å². The molecule has 9 heteroatoms. The summed E-state index contributed by atoms with van der Waals surface area (Å²) in [5.74, 6) is 0.154. The zero-order valence-electron chi connectivity index (χ0n) is 19.6.